The summed E-state index contributed by atoms with van der Waals surface area (Å²) in [5.41, 5.74) is 8.14. The number of amides is 1. The maximum absolute atomic E-state index is 13.6. The molecule has 0 aliphatic carbocycles. The van der Waals surface area contributed by atoms with E-state index in [9.17, 15) is 9.18 Å². The van der Waals surface area contributed by atoms with Gasteiger partial charge in [-0.25, -0.2) is 4.39 Å². The van der Waals surface area contributed by atoms with E-state index in [2.05, 4.69) is 5.32 Å². The molecule has 0 radical (unpaired) electrons. The van der Waals surface area contributed by atoms with Gasteiger partial charge in [0.25, 0.3) is 0 Å². The number of rotatable bonds is 5. The highest BCUT2D eigenvalue weighted by molar-refractivity contribution is 5.90. The second kappa shape index (κ2) is 6.99. The number of nitrogens with two attached hydrogens (primary N) is 1. The van der Waals surface area contributed by atoms with Crippen LogP contribution in [0, 0.1) is 12.7 Å². The van der Waals surface area contributed by atoms with E-state index in [1.165, 1.54) is 6.07 Å². The molecule has 2 aromatic rings. The molecule has 0 aliphatic rings. The average Bonchev–Trinajstić information content (AvgIpc) is 2.49. The smallest absolute Gasteiger partial charge is 0.224 e. The third kappa shape index (κ3) is 4.39. The molecule has 1 unspecified atom stereocenters. The Morgan fingerprint density at radius 3 is 2.67 bits per heavy atom. The molecule has 0 aromatic heterocycles. The first-order chi connectivity index (χ1) is 10.1. The Hall–Kier alpha value is -2.20. The van der Waals surface area contributed by atoms with Gasteiger partial charge in [-0.15, -0.1) is 0 Å². The summed E-state index contributed by atoms with van der Waals surface area (Å²) in [5, 5.41) is 2.59. The van der Waals surface area contributed by atoms with Gasteiger partial charge in [-0.3, -0.25) is 4.79 Å². The maximum Gasteiger partial charge on any atom is 0.224 e. The van der Waals surface area contributed by atoms with Gasteiger partial charge in [-0.05, 0) is 36.6 Å². The fourth-order valence-electron chi connectivity index (χ4n) is 2.10. The minimum Gasteiger partial charge on any atom is -0.324 e. The van der Waals surface area contributed by atoms with Crippen LogP contribution in [0.2, 0.25) is 0 Å². The van der Waals surface area contributed by atoms with Gasteiger partial charge in [0.05, 0.1) is 5.69 Å². The van der Waals surface area contributed by atoms with Crippen LogP contribution in [0.5, 0.6) is 0 Å². The van der Waals surface area contributed by atoms with E-state index in [4.69, 9.17) is 5.73 Å². The molecular formula is C17H19FN2O. The van der Waals surface area contributed by atoms with E-state index in [1.54, 1.807) is 12.1 Å². The molecule has 3 nitrogen and oxygen atoms in total. The summed E-state index contributed by atoms with van der Waals surface area (Å²) in [6.07, 6.45) is 0.771. The fourth-order valence-corrected chi connectivity index (χ4v) is 2.10. The lowest BCUT2D eigenvalue weighted by Gasteiger charge is -2.12. The molecule has 21 heavy (non-hydrogen) atoms. The lowest BCUT2D eigenvalue weighted by atomic mass is 10.0. The van der Waals surface area contributed by atoms with Gasteiger partial charge in [0.15, 0.2) is 0 Å². The first kappa shape index (κ1) is 15.2. The highest BCUT2D eigenvalue weighted by Gasteiger charge is 2.11. The van der Waals surface area contributed by atoms with Crippen LogP contribution in [-0.4, -0.2) is 5.91 Å². The Labute approximate surface area is 124 Å². The molecule has 1 amide bonds. The number of halogens is 1. The second-order valence-corrected chi connectivity index (χ2v) is 5.09. The monoisotopic (exact) mass is 286 g/mol. The number of carbonyl (C=O) groups excluding carboxylic acids is 1. The van der Waals surface area contributed by atoms with E-state index in [0.29, 0.717) is 6.42 Å². The summed E-state index contributed by atoms with van der Waals surface area (Å²) in [7, 11) is 0. The van der Waals surface area contributed by atoms with Crippen LogP contribution in [0.1, 0.15) is 30.0 Å². The second-order valence-electron chi connectivity index (χ2n) is 5.09. The van der Waals surface area contributed by atoms with Crippen molar-refractivity contribution in [3.05, 3.63) is 65.5 Å². The number of nitrogens with one attached hydrogen (secondary N) is 1. The van der Waals surface area contributed by atoms with Crippen LogP contribution in [0.25, 0.3) is 0 Å². The summed E-state index contributed by atoms with van der Waals surface area (Å²) in [6.45, 7) is 1.85. The van der Waals surface area contributed by atoms with Crippen LogP contribution in [0.3, 0.4) is 0 Å². The van der Waals surface area contributed by atoms with Crippen molar-refractivity contribution in [1.82, 2.24) is 0 Å². The zero-order chi connectivity index (χ0) is 15.2. The quantitative estimate of drug-likeness (QED) is 0.883. The normalized spacial score (nSPS) is 12.0. The molecule has 0 fully saturated rings. The van der Waals surface area contributed by atoms with Crippen molar-refractivity contribution in [2.45, 2.75) is 25.8 Å². The van der Waals surface area contributed by atoms with Gasteiger partial charge in [-0.1, -0.05) is 36.4 Å². The molecule has 2 aromatic carbocycles. The van der Waals surface area contributed by atoms with Crippen molar-refractivity contribution in [2.75, 3.05) is 5.32 Å². The first-order valence-corrected chi connectivity index (χ1v) is 6.93. The van der Waals surface area contributed by atoms with E-state index in [0.717, 1.165) is 11.1 Å². The Morgan fingerprint density at radius 2 is 1.95 bits per heavy atom. The summed E-state index contributed by atoms with van der Waals surface area (Å²) < 4.78 is 13.6. The average molecular weight is 286 g/mol. The molecule has 0 aliphatic heterocycles. The predicted molar refractivity (Wildman–Crippen MR) is 82.4 cm³/mol. The summed E-state index contributed by atoms with van der Waals surface area (Å²) in [6, 6.07) is 14.0. The Kier molecular flexibility index (Phi) is 5.06. The van der Waals surface area contributed by atoms with Crippen molar-refractivity contribution in [3.8, 4) is 0 Å². The predicted octanol–water partition coefficient (Wildman–Crippen LogP) is 3.55. The Balaban J connectivity index is 1.89. The van der Waals surface area contributed by atoms with Crippen LogP contribution < -0.4 is 11.1 Å². The standard InChI is InChI=1S/C17H19FN2O/c1-12-7-8-14(18)16(11-12)20-17(21)10-9-15(19)13-5-3-2-4-6-13/h2-8,11,15H,9-10,19H2,1H3,(H,20,21). The van der Waals surface area contributed by atoms with E-state index < -0.39 is 5.82 Å². The first-order valence-electron chi connectivity index (χ1n) is 6.93. The van der Waals surface area contributed by atoms with Crippen LogP contribution in [-0.2, 0) is 4.79 Å². The molecule has 0 saturated heterocycles. The third-order valence-electron chi connectivity index (χ3n) is 3.31. The van der Waals surface area contributed by atoms with Gasteiger partial charge in [-0.2, -0.15) is 0 Å². The summed E-state index contributed by atoms with van der Waals surface area (Å²) in [5.74, 6) is -0.660. The highest BCUT2D eigenvalue weighted by atomic mass is 19.1. The molecule has 3 N–H and O–H groups in total. The van der Waals surface area contributed by atoms with Crippen molar-refractivity contribution >= 4 is 11.6 Å². The maximum atomic E-state index is 13.6. The molecule has 0 spiro atoms. The molecule has 1 atom stereocenters. The number of anilines is 1. The zero-order valence-electron chi connectivity index (χ0n) is 12.0. The highest BCUT2D eigenvalue weighted by Crippen LogP contribution is 2.18. The van der Waals surface area contributed by atoms with Gasteiger partial charge in [0, 0.05) is 12.5 Å². The van der Waals surface area contributed by atoms with E-state index in [-0.39, 0.29) is 24.1 Å². The number of hydrogen-bond acceptors (Lipinski definition) is 2. The molecular weight excluding hydrogens is 267 g/mol. The van der Waals surface area contributed by atoms with Gasteiger partial charge < -0.3 is 11.1 Å². The molecule has 110 valence electrons. The lowest BCUT2D eigenvalue weighted by molar-refractivity contribution is -0.116. The number of carbonyl (C=O) groups is 1. The molecule has 2 rings (SSSR count). The van der Waals surface area contributed by atoms with Crippen molar-refractivity contribution in [1.29, 1.82) is 0 Å². The number of hydrogen-bond donors (Lipinski definition) is 2. The van der Waals surface area contributed by atoms with Crippen LogP contribution in [0.4, 0.5) is 10.1 Å². The van der Waals surface area contributed by atoms with E-state index >= 15 is 0 Å². The minimum absolute atomic E-state index is 0.195. The largest absolute Gasteiger partial charge is 0.324 e. The van der Waals surface area contributed by atoms with E-state index in [1.807, 2.05) is 37.3 Å². The fraction of sp³-hybridized carbons (Fsp3) is 0.235. The van der Waals surface area contributed by atoms with Crippen molar-refractivity contribution < 1.29 is 9.18 Å². The van der Waals surface area contributed by atoms with Crippen molar-refractivity contribution in [3.63, 3.8) is 0 Å². The lowest BCUT2D eigenvalue weighted by Crippen LogP contribution is -2.17. The Bertz CT molecular complexity index is 613. The zero-order valence-corrected chi connectivity index (χ0v) is 12.0. The molecule has 4 heteroatoms. The number of aryl methyl sites for hydroxylation is 1. The number of benzene rings is 2. The van der Waals surface area contributed by atoms with Crippen LogP contribution in [0.15, 0.2) is 48.5 Å². The van der Waals surface area contributed by atoms with Gasteiger partial charge in [0.2, 0.25) is 5.91 Å². The van der Waals surface area contributed by atoms with Crippen molar-refractivity contribution in [2.24, 2.45) is 5.73 Å². The minimum atomic E-state index is -0.429. The topological polar surface area (TPSA) is 55.1 Å². The molecule has 0 saturated carbocycles. The van der Waals surface area contributed by atoms with Gasteiger partial charge >= 0.3 is 0 Å². The Morgan fingerprint density at radius 1 is 1.24 bits per heavy atom. The van der Waals surface area contributed by atoms with Crippen LogP contribution >= 0.6 is 0 Å². The molecule has 0 heterocycles. The SMILES string of the molecule is Cc1ccc(F)c(NC(=O)CCC(N)c2ccccc2)c1. The summed E-state index contributed by atoms with van der Waals surface area (Å²) >= 11 is 0. The van der Waals surface area contributed by atoms with Gasteiger partial charge in [0.1, 0.15) is 5.82 Å². The molecule has 0 bridgehead atoms. The third-order valence-corrected chi connectivity index (χ3v) is 3.31. The summed E-state index contributed by atoms with van der Waals surface area (Å²) in [4.78, 5) is 11.9.